The third-order valence-electron chi connectivity index (χ3n) is 1.68. The van der Waals surface area contributed by atoms with Crippen molar-refractivity contribution in [1.82, 2.24) is 0 Å². The first-order valence-electron chi connectivity index (χ1n) is 4.34. The fraction of sp³-hybridized carbons (Fsp3) is 0.333. The highest BCUT2D eigenvalue weighted by atomic mass is 35.5. The highest BCUT2D eigenvalue weighted by molar-refractivity contribution is 9.12. The van der Waals surface area contributed by atoms with Gasteiger partial charge in [0.1, 0.15) is 0 Å². The average molecular weight is 281 g/mol. The summed E-state index contributed by atoms with van der Waals surface area (Å²) in [6.45, 7) is 0. The summed E-state index contributed by atoms with van der Waals surface area (Å²) >= 11 is 12.1. The summed E-state index contributed by atoms with van der Waals surface area (Å²) < 4.78 is 0. The molecule has 0 unspecified atom stereocenters. The zero-order valence-electron chi connectivity index (χ0n) is 7.48. The van der Waals surface area contributed by atoms with Gasteiger partial charge >= 0.3 is 0 Å². The molecule has 5 heteroatoms. The van der Waals surface area contributed by atoms with Crippen LogP contribution in [0.5, 0.6) is 0 Å². The monoisotopic (exact) mass is 280 g/mol. The highest BCUT2D eigenvalue weighted by Gasteiger charge is 2.15. The first-order chi connectivity index (χ1) is 6.84. The van der Waals surface area contributed by atoms with Crippen molar-refractivity contribution >= 4 is 51.3 Å². The molecule has 1 aromatic carbocycles. The van der Waals surface area contributed by atoms with Crippen molar-refractivity contribution in [3.05, 3.63) is 29.3 Å². The fourth-order valence-electron chi connectivity index (χ4n) is 1.01. The predicted octanol–water partition coefficient (Wildman–Crippen LogP) is 5.53. The Kier molecular flexibility index (Phi) is 4.84. The molecule has 1 aliphatic rings. The molecule has 0 spiro atoms. The second kappa shape index (κ2) is 5.91. The van der Waals surface area contributed by atoms with Crippen LogP contribution in [-0.4, -0.2) is 11.5 Å². The van der Waals surface area contributed by atoms with Gasteiger partial charge in [-0.1, -0.05) is 23.0 Å². The summed E-state index contributed by atoms with van der Waals surface area (Å²) in [6.07, 6.45) is 1.37. The van der Waals surface area contributed by atoms with Gasteiger partial charge in [0.25, 0.3) is 0 Å². The van der Waals surface area contributed by atoms with Gasteiger partial charge in [-0.2, -0.15) is 0 Å². The van der Waals surface area contributed by atoms with E-state index in [9.17, 15) is 0 Å². The van der Waals surface area contributed by atoms with Crippen LogP contribution < -0.4 is 0 Å². The van der Waals surface area contributed by atoms with E-state index in [4.69, 9.17) is 11.6 Å². The lowest BCUT2D eigenvalue weighted by Gasteiger charge is -2.19. The first kappa shape index (κ1) is 11.5. The van der Waals surface area contributed by atoms with Gasteiger partial charge in [-0.15, -0.1) is 22.8 Å². The number of halogens is 1. The molecular weight excluding hydrogens is 271 g/mol. The summed E-state index contributed by atoms with van der Waals surface area (Å²) in [6, 6.07) is 8.17. The second-order valence-electron chi connectivity index (χ2n) is 2.79. The molecule has 2 rings (SSSR count). The van der Waals surface area contributed by atoms with Crippen LogP contribution in [0.25, 0.3) is 0 Å². The van der Waals surface area contributed by atoms with Crippen molar-refractivity contribution < 1.29 is 0 Å². The maximum Gasteiger partial charge on any atom is 0.0778 e. The second-order valence-corrected chi connectivity index (χ2v) is 13.1. The van der Waals surface area contributed by atoms with Crippen molar-refractivity contribution in [3.63, 3.8) is 0 Å². The third kappa shape index (κ3) is 3.53. The van der Waals surface area contributed by atoms with E-state index in [2.05, 4.69) is 34.9 Å². The number of rotatable bonds is 2. The molecule has 1 saturated heterocycles. The van der Waals surface area contributed by atoms with Gasteiger partial charge in [-0.25, -0.2) is 0 Å². The Morgan fingerprint density at radius 1 is 1.14 bits per heavy atom. The van der Waals surface area contributed by atoms with E-state index in [1.54, 1.807) is 0 Å². The van der Waals surface area contributed by atoms with Gasteiger partial charge < -0.3 is 0 Å². The van der Waals surface area contributed by atoms with Crippen LogP contribution in [0.1, 0.15) is 6.42 Å². The molecule has 76 valence electrons. The maximum absolute atomic E-state index is 5.84. The Hall–Kier alpha value is 0.990. The Bertz CT molecular complexity index is 285. The van der Waals surface area contributed by atoms with Crippen LogP contribution in [0.3, 0.4) is 0 Å². The molecule has 0 aromatic heterocycles. The molecule has 0 amide bonds. The molecule has 1 aliphatic heterocycles. The maximum atomic E-state index is 5.84. The standard InChI is InChI=1S/C9H10ClPS3/c10-8-2-4-9(5-3-8)14-11-12-6-1-7-13-11/h2-5H,1,6-7H2. The van der Waals surface area contributed by atoms with Gasteiger partial charge in [0.05, 0.1) is 5.53 Å². The zero-order chi connectivity index (χ0) is 9.80. The van der Waals surface area contributed by atoms with E-state index in [1.165, 1.54) is 22.8 Å². The highest BCUT2D eigenvalue weighted by Crippen LogP contribution is 2.74. The first-order valence-corrected chi connectivity index (χ1v) is 10.7. The van der Waals surface area contributed by atoms with E-state index < -0.39 is 0 Å². The third-order valence-corrected chi connectivity index (χ3v) is 12.5. The minimum Gasteiger partial charge on any atom is -0.112 e. The predicted molar refractivity (Wildman–Crippen MR) is 73.8 cm³/mol. The van der Waals surface area contributed by atoms with Crippen LogP contribution in [0.15, 0.2) is 29.2 Å². The molecular formula is C9H10ClPS3. The topological polar surface area (TPSA) is 0 Å². The summed E-state index contributed by atoms with van der Waals surface area (Å²) in [5, 5.41) is 0.825. The summed E-state index contributed by atoms with van der Waals surface area (Å²) in [7, 11) is 0. The lowest BCUT2D eigenvalue weighted by Crippen LogP contribution is -1.85. The molecule has 1 aromatic rings. The number of hydrogen-bond donors (Lipinski definition) is 0. The van der Waals surface area contributed by atoms with Crippen molar-refractivity contribution in [2.24, 2.45) is 0 Å². The molecule has 0 nitrogen and oxygen atoms in total. The Morgan fingerprint density at radius 3 is 2.43 bits per heavy atom. The quantitative estimate of drug-likeness (QED) is 0.654. The van der Waals surface area contributed by atoms with Crippen molar-refractivity contribution in [2.75, 3.05) is 11.5 Å². The van der Waals surface area contributed by atoms with Gasteiger partial charge in [-0.3, -0.25) is 0 Å². The van der Waals surface area contributed by atoms with Crippen LogP contribution in [-0.2, 0) is 0 Å². The van der Waals surface area contributed by atoms with E-state index >= 15 is 0 Å². The van der Waals surface area contributed by atoms with Crippen molar-refractivity contribution in [2.45, 2.75) is 11.3 Å². The number of benzene rings is 1. The van der Waals surface area contributed by atoms with Gasteiger partial charge in [0, 0.05) is 9.92 Å². The smallest absolute Gasteiger partial charge is 0.0778 e. The Balaban J connectivity index is 1.92. The van der Waals surface area contributed by atoms with Gasteiger partial charge in [0.2, 0.25) is 0 Å². The molecule has 0 saturated carbocycles. The average Bonchev–Trinajstić information content (AvgIpc) is 2.23. The molecule has 0 radical (unpaired) electrons. The van der Waals surface area contributed by atoms with Crippen LogP contribution in [0.4, 0.5) is 0 Å². The SMILES string of the molecule is Clc1ccc(SP2SCCCS2)cc1. The van der Waals surface area contributed by atoms with Crippen LogP contribution in [0, 0.1) is 0 Å². The Morgan fingerprint density at radius 2 is 1.79 bits per heavy atom. The summed E-state index contributed by atoms with van der Waals surface area (Å²) in [4.78, 5) is 1.35. The largest absolute Gasteiger partial charge is 0.112 e. The van der Waals surface area contributed by atoms with E-state index in [0.717, 1.165) is 5.02 Å². The van der Waals surface area contributed by atoms with E-state index in [-0.39, 0.29) is 5.53 Å². The molecule has 0 bridgehead atoms. The fourth-order valence-corrected chi connectivity index (χ4v) is 11.7. The van der Waals surface area contributed by atoms with E-state index in [1.807, 2.05) is 23.5 Å². The normalized spacial score (nSPS) is 18.4. The molecule has 1 heterocycles. The molecule has 14 heavy (non-hydrogen) atoms. The van der Waals surface area contributed by atoms with E-state index in [0.29, 0.717) is 0 Å². The van der Waals surface area contributed by atoms with Crippen LogP contribution in [0.2, 0.25) is 5.02 Å². The zero-order valence-corrected chi connectivity index (χ0v) is 11.6. The Labute approximate surface area is 103 Å². The summed E-state index contributed by atoms with van der Waals surface area (Å²) in [5.41, 5.74) is 0.0493. The lowest BCUT2D eigenvalue weighted by atomic mass is 10.4. The van der Waals surface area contributed by atoms with Crippen molar-refractivity contribution in [1.29, 1.82) is 0 Å². The molecule has 0 atom stereocenters. The van der Waals surface area contributed by atoms with Crippen LogP contribution >= 0.6 is 51.3 Å². The number of hydrogen-bond acceptors (Lipinski definition) is 3. The minimum absolute atomic E-state index is 0.0493. The molecule has 0 aliphatic carbocycles. The lowest BCUT2D eigenvalue weighted by molar-refractivity contribution is 1.13. The van der Waals surface area contributed by atoms with Gasteiger partial charge in [-0.05, 0) is 42.2 Å². The molecule has 0 N–H and O–H groups in total. The summed E-state index contributed by atoms with van der Waals surface area (Å²) in [5.74, 6) is 2.67. The van der Waals surface area contributed by atoms with Gasteiger partial charge in [0.15, 0.2) is 0 Å². The van der Waals surface area contributed by atoms with Crippen molar-refractivity contribution in [3.8, 4) is 0 Å². The molecule has 1 fully saturated rings. The minimum atomic E-state index is 0.0493.